The van der Waals surface area contributed by atoms with Crippen LogP contribution in [0.2, 0.25) is 0 Å². The van der Waals surface area contributed by atoms with Gasteiger partial charge in [0.05, 0.1) is 17.8 Å². The van der Waals surface area contributed by atoms with Gasteiger partial charge in [0.15, 0.2) is 16.7 Å². The van der Waals surface area contributed by atoms with Gasteiger partial charge in [0, 0.05) is 11.6 Å². The van der Waals surface area contributed by atoms with Gasteiger partial charge in [0.25, 0.3) is 5.91 Å². The molecule has 1 aromatic carbocycles. The SMILES string of the molecule is COc1ccc(-c2nc3n(n2)C(=O)CS3)cc1[N+](=O)[O-]. The number of nitrogens with zero attached hydrogens (tertiary/aromatic N) is 4. The van der Waals surface area contributed by atoms with Gasteiger partial charge in [-0.2, -0.15) is 4.68 Å². The van der Waals surface area contributed by atoms with Crippen molar-refractivity contribution in [3.8, 4) is 17.1 Å². The van der Waals surface area contributed by atoms with Gasteiger partial charge >= 0.3 is 5.69 Å². The highest BCUT2D eigenvalue weighted by Gasteiger charge is 2.25. The van der Waals surface area contributed by atoms with Crippen molar-refractivity contribution in [2.75, 3.05) is 12.9 Å². The smallest absolute Gasteiger partial charge is 0.311 e. The number of hydrogen-bond acceptors (Lipinski definition) is 7. The maximum atomic E-state index is 11.5. The molecule has 1 aromatic heterocycles. The van der Waals surface area contributed by atoms with E-state index in [1.54, 1.807) is 6.07 Å². The molecule has 9 heteroatoms. The average molecular weight is 292 g/mol. The van der Waals surface area contributed by atoms with Crippen LogP contribution in [-0.2, 0) is 0 Å². The summed E-state index contributed by atoms with van der Waals surface area (Å²) in [6.45, 7) is 0. The quantitative estimate of drug-likeness (QED) is 0.625. The minimum absolute atomic E-state index is 0.147. The van der Waals surface area contributed by atoms with E-state index in [1.807, 2.05) is 0 Å². The third-order valence-corrected chi connectivity index (χ3v) is 3.69. The number of aromatic nitrogens is 3. The topological polar surface area (TPSA) is 100 Å². The molecule has 0 saturated carbocycles. The fourth-order valence-electron chi connectivity index (χ4n) is 1.84. The van der Waals surface area contributed by atoms with Gasteiger partial charge in [0.1, 0.15) is 0 Å². The van der Waals surface area contributed by atoms with Crippen molar-refractivity contribution in [1.29, 1.82) is 0 Å². The molecule has 0 N–H and O–H groups in total. The lowest BCUT2D eigenvalue weighted by molar-refractivity contribution is -0.385. The number of ether oxygens (including phenoxy) is 1. The third-order valence-electron chi connectivity index (χ3n) is 2.77. The van der Waals surface area contributed by atoms with Gasteiger partial charge in [-0.1, -0.05) is 11.8 Å². The van der Waals surface area contributed by atoms with Crippen LogP contribution in [0.1, 0.15) is 4.79 Å². The molecule has 0 aliphatic carbocycles. The van der Waals surface area contributed by atoms with Crippen molar-refractivity contribution in [3.63, 3.8) is 0 Å². The van der Waals surface area contributed by atoms with Crippen LogP contribution in [0.5, 0.6) is 5.75 Å². The first-order chi connectivity index (χ1) is 9.60. The first-order valence-corrected chi connectivity index (χ1v) is 6.54. The number of benzene rings is 1. The van der Waals surface area contributed by atoms with Crippen LogP contribution in [0.3, 0.4) is 0 Å². The van der Waals surface area contributed by atoms with Gasteiger partial charge in [-0.25, -0.2) is 4.98 Å². The van der Waals surface area contributed by atoms with Gasteiger partial charge in [-0.05, 0) is 12.1 Å². The highest BCUT2D eigenvalue weighted by Crippen LogP contribution is 2.32. The van der Waals surface area contributed by atoms with Crippen molar-refractivity contribution in [3.05, 3.63) is 28.3 Å². The van der Waals surface area contributed by atoms with E-state index in [0.29, 0.717) is 16.5 Å². The highest BCUT2D eigenvalue weighted by molar-refractivity contribution is 8.00. The molecule has 0 amide bonds. The number of rotatable bonds is 3. The Hall–Kier alpha value is -2.42. The Labute approximate surface area is 116 Å². The summed E-state index contributed by atoms with van der Waals surface area (Å²) in [5, 5.41) is 15.6. The second kappa shape index (κ2) is 4.60. The molecule has 0 unspecified atom stereocenters. The van der Waals surface area contributed by atoms with Crippen molar-refractivity contribution >= 4 is 23.4 Å². The lowest BCUT2D eigenvalue weighted by Gasteiger charge is -2.02. The molecular weight excluding hydrogens is 284 g/mol. The summed E-state index contributed by atoms with van der Waals surface area (Å²) < 4.78 is 6.15. The Bertz CT molecular complexity index is 727. The van der Waals surface area contributed by atoms with Crippen LogP contribution in [0.4, 0.5) is 5.69 Å². The van der Waals surface area contributed by atoms with E-state index >= 15 is 0 Å². The highest BCUT2D eigenvalue weighted by atomic mass is 32.2. The van der Waals surface area contributed by atoms with E-state index < -0.39 is 4.92 Å². The van der Waals surface area contributed by atoms with Crippen LogP contribution < -0.4 is 4.74 Å². The zero-order valence-corrected chi connectivity index (χ0v) is 11.1. The van der Waals surface area contributed by atoms with Crippen molar-refractivity contribution in [2.45, 2.75) is 5.16 Å². The lowest BCUT2D eigenvalue weighted by atomic mass is 10.2. The van der Waals surface area contributed by atoms with Gasteiger partial charge in [-0.3, -0.25) is 14.9 Å². The molecule has 8 nitrogen and oxygen atoms in total. The molecular formula is C11H8N4O4S. The molecule has 1 aliphatic heterocycles. The number of methoxy groups -OCH3 is 1. The molecule has 0 radical (unpaired) electrons. The number of hydrogen-bond donors (Lipinski definition) is 0. The van der Waals surface area contributed by atoms with E-state index in [2.05, 4.69) is 10.1 Å². The van der Waals surface area contributed by atoms with Crippen molar-refractivity contribution < 1.29 is 14.5 Å². The molecule has 0 atom stereocenters. The summed E-state index contributed by atoms with van der Waals surface area (Å²) in [5.74, 6) is 0.618. The van der Waals surface area contributed by atoms with E-state index in [9.17, 15) is 14.9 Å². The van der Waals surface area contributed by atoms with Crippen LogP contribution in [0.25, 0.3) is 11.4 Å². The summed E-state index contributed by atoms with van der Waals surface area (Å²) in [7, 11) is 1.36. The molecule has 3 rings (SSSR count). The van der Waals surface area contributed by atoms with Crippen molar-refractivity contribution in [2.24, 2.45) is 0 Å². The summed E-state index contributed by atoms with van der Waals surface area (Å²) in [5.41, 5.74) is 0.298. The second-order valence-corrected chi connectivity index (χ2v) is 4.90. The van der Waals surface area contributed by atoms with Crippen LogP contribution in [0.15, 0.2) is 23.4 Å². The van der Waals surface area contributed by atoms with Crippen LogP contribution in [-0.4, -0.2) is 38.5 Å². The zero-order valence-electron chi connectivity index (χ0n) is 10.3. The summed E-state index contributed by atoms with van der Waals surface area (Å²) in [6, 6.07) is 4.43. The van der Waals surface area contributed by atoms with Gasteiger partial charge in [-0.15, -0.1) is 5.10 Å². The van der Waals surface area contributed by atoms with Crippen LogP contribution >= 0.6 is 11.8 Å². The molecule has 0 saturated heterocycles. The van der Waals surface area contributed by atoms with E-state index in [1.165, 1.54) is 35.7 Å². The molecule has 0 fully saturated rings. The minimum Gasteiger partial charge on any atom is -0.490 e. The number of nitro groups is 1. The summed E-state index contributed by atoms with van der Waals surface area (Å²) in [6.07, 6.45) is 0. The molecule has 102 valence electrons. The maximum absolute atomic E-state index is 11.5. The molecule has 2 aromatic rings. The van der Waals surface area contributed by atoms with E-state index in [0.717, 1.165) is 0 Å². The fraction of sp³-hybridized carbons (Fsp3) is 0.182. The summed E-state index contributed by atoms with van der Waals surface area (Å²) in [4.78, 5) is 26.1. The maximum Gasteiger partial charge on any atom is 0.311 e. The Kier molecular flexibility index (Phi) is 2.90. The lowest BCUT2D eigenvalue weighted by Crippen LogP contribution is -2.08. The molecule has 0 spiro atoms. The van der Waals surface area contributed by atoms with Gasteiger partial charge < -0.3 is 4.74 Å². The summed E-state index contributed by atoms with van der Waals surface area (Å²) >= 11 is 1.29. The number of nitro benzene ring substituents is 1. The average Bonchev–Trinajstić information content (AvgIpc) is 3.00. The third kappa shape index (κ3) is 1.92. The number of carbonyl (C=O) groups is 1. The Balaban J connectivity index is 2.07. The number of thioether (sulfide) groups is 1. The van der Waals surface area contributed by atoms with Gasteiger partial charge in [0.2, 0.25) is 0 Å². The zero-order chi connectivity index (χ0) is 14.3. The first kappa shape index (κ1) is 12.6. The molecule has 1 aliphatic rings. The standard InChI is InChI=1S/C11H8N4O4S/c1-19-8-3-2-6(4-7(8)15(17)18)10-12-11-14(13-10)9(16)5-20-11/h2-4H,5H2,1H3. The predicted molar refractivity (Wildman–Crippen MR) is 70.0 cm³/mol. The number of fused-ring (bicyclic) bond motifs is 1. The Morgan fingerprint density at radius 1 is 1.50 bits per heavy atom. The monoisotopic (exact) mass is 292 g/mol. The number of carbonyl (C=O) groups excluding carboxylic acids is 1. The minimum atomic E-state index is -0.536. The normalized spacial score (nSPS) is 13.3. The van der Waals surface area contributed by atoms with Crippen molar-refractivity contribution in [1.82, 2.24) is 14.8 Å². The second-order valence-electron chi connectivity index (χ2n) is 3.96. The Morgan fingerprint density at radius 2 is 2.30 bits per heavy atom. The molecule has 0 bridgehead atoms. The predicted octanol–water partition coefficient (Wildman–Crippen LogP) is 1.61. The molecule has 20 heavy (non-hydrogen) atoms. The fourth-order valence-corrected chi connectivity index (χ4v) is 2.63. The van der Waals surface area contributed by atoms with E-state index in [4.69, 9.17) is 4.74 Å². The van der Waals surface area contributed by atoms with Crippen LogP contribution in [0, 0.1) is 10.1 Å². The molecule has 2 heterocycles. The van der Waals surface area contributed by atoms with E-state index in [-0.39, 0.29) is 23.2 Å². The largest absolute Gasteiger partial charge is 0.490 e. The Morgan fingerprint density at radius 3 is 2.95 bits per heavy atom. The first-order valence-electron chi connectivity index (χ1n) is 5.56.